The predicted molar refractivity (Wildman–Crippen MR) is 110 cm³/mol. The molecule has 0 unspecified atom stereocenters. The zero-order valence-corrected chi connectivity index (χ0v) is 17.1. The fourth-order valence-electron chi connectivity index (χ4n) is 2.91. The fraction of sp³-hybridized carbons (Fsp3) is 0.350. The highest BCUT2D eigenvalue weighted by molar-refractivity contribution is 7.90. The first-order valence-electron chi connectivity index (χ1n) is 9.12. The molecular weight excluding hydrogens is 382 g/mol. The van der Waals surface area contributed by atoms with Crippen LogP contribution in [0.3, 0.4) is 0 Å². The Kier molecular flexibility index (Phi) is 6.19. The molecule has 2 aromatic heterocycles. The minimum Gasteiger partial charge on any atom is -0.316 e. The SMILES string of the molecule is CCCCNCCc1cnc2c(ccn2S(=O)(=O)c2ccc(C)cc2)c1Cl. The number of halogens is 1. The molecule has 3 rings (SSSR count). The van der Waals surface area contributed by atoms with Crippen LogP contribution in [0.5, 0.6) is 0 Å². The van der Waals surface area contributed by atoms with E-state index in [-0.39, 0.29) is 4.90 Å². The molecule has 27 heavy (non-hydrogen) atoms. The molecular formula is C20H24ClN3O2S. The number of rotatable bonds is 8. The maximum absolute atomic E-state index is 13.0. The number of hydrogen-bond donors (Lipinski definition) is 1. The number of fused-ring (bicyclic) bond motifs is 1. The van der Waals surface area contributed by atoms with Crippen LogP contribution in [0.4, 0.5) is 0 Å². The lowest BCUT2D eigenvalue weighted by atomic mass is 10.2. The van der Waals surface area contributed by atoms with Crippen LogP contribution in [0.2, 0.25) is 5.02 Å². The molecule has 7 heteroatoms. The summed E-state index contributed by atoms with van der Waals surface area (Å²) in [5.74, 6) is 0. The smallest absolute Gasteiger partial charge is 0.269 e. The Hall–Kier alpha value is -1.89. The van der Waals surface area contributed by atoms with Crippen LogP contribution in [-0.2, 0) is 16.4 Å². The van der Waals surface area contributed by atoms with Crippen LogP contribution in [0.1, 0.15) is 30.9 Å². The van der Waals surface area contributed by atoms with Gasteiger partial charge in [0, 0.05) is 17.8 Å². The van der Waals surface area contributed by atoms with E-state index in [1.54, 1.807) is 36.5 Å². The Labute approximate surface area is 165 Å². The average molecular weight is 406 g/mol. The molecule has 3 aromatic rings. The van der Waals surface area contributed by atoms with Gasteiger partial charge in [-0.1, -0.05) is 42.6 Å². The third-order valence-electron chi connectivity index (χ3n) is 4.54. The van der Waals surface area contributed by atoms with Crippen LogP contribution in [-0.4, -0.2) is 30.5 Å². The highest BCUT2D eigenvalue weighted by atomic mass is 35.5. The predicted octanol–water partition coefficient (Wildman–Crippen LogP) is 4.17. The van der Waals surface area contributed by atoms with Crippen LogP contribution < -0.4 is 5.32 Å². The van der Waals surface area contributed by atoms with Gasteiger partial charge in [-0.3, -0.25) is 0 Å². The van der Waals surface area contributed by atoms with E-state index in [0.29, 0.717) is 16.1 Å². The molecule has 0 saturated heterocycles. The van der Waals surface area contributed by atoms with Gasteiger partial charge in [0.15, 0.2) is 5.65 Å². The third kappa shape index (κ3) is 4.18. The monoisotopic (exact) mass is 405 g/mol. The van der Waals surface area contributed by atoms with Crippen molar-refractivity contribution in [1.29, 1.82) is 0 Å². The number of hydrogen-bond acceptors (Lipinski definition) is 4. The Morgan fingerprint density at radius 1 is 1.15 bits per heavy atom. The number of benzene rings is 1. The van der Waals surface area contributed by atoms with Crippen molar-refractivity contribution in [3.8, 4) is 0 Å². The van der Waals surface area contributed by atoms with Crippen LogP contribution >= 0.6 is 11.6 Å². The highest BCUT2D eigenvalue weighted by Gasteiger charge is 2.21. The molecule has 0 spiro atoms. The van der Waals surface area contributed by atoms with Crippen molar-refractivity contribution in [2.75, 3.05) is 13.1 Å². The van der Waals surface area contributed by atoms with Crippen LogP contribution in [0.25, 0.3) is 11.0 Å². The Morgan fingerprint density at radius 2 is 1.89 bits per heavy atom. The molecule has 2 heterocycles. The van der Waals surface area contributed by atoms with Crippen molar-refractivity contribution in [1.82, 2.24) is 14.3 Å². The third-order valence-corrected chi connectivity index (χ3v) is 6.67. The molecule has 1 aromatic carbocycles. The lowest BCUT2D eigenvalue weighted by Crippen LogP contribution is -2.18. The molecule has 5 nitrogen and oxygen atoms in total. The number of nitrogens with one attached hydrogen (secondary N) is 1. The molecule has 0 aliphatic carbocycles. The summed E-state index contributed by atoms with van der Waals surface area (Å²) in [6, 6.07) is 8.48. The standard InChI is InChI=1S/C20H24ClN3O2S/c1-3-4-11-22-12-9-16-14-23-20-18(19(16)21)10-13-24(20)27(25,26)17-7-5-15(2)6-8-17/h5-8,10,13-14,22H,3-4,9,11-12H2,1-2H3. The summed E-state index contributed by atoms with van der Waals surface area (Å²) in [6.45, 7) is 5.87. The summed E-state index contributed by atoms with van der Waals surface area (Å²) in [7, 11) is -3.71. The minimum absolute atomic E-state index is 0.229. The van der Waals surface area contributed by atoms with Gasteiger partial charge in [-0.15, -0.1) is 0 Å². The number of aromatic nitrogens is 2. The highest BCUT2D eigenvalue weighted by Crippen LogP contribution is 2.29. The Balaban J connectivity index is 1.89. The van der Waals surface area contributed by atoms with Gasteiger partial charge in [0.2, 0.25) is 0 Å². The van der Waals surface area contributed by atoms with Gasteiger partial charge in [0.25, 0.3) is 10.0 Å². The molecule has 0 saturated carbocycles. The summed E-state index contributed by atoms with van der Waals surface area (Å²) in [6.07, 6.45) is 6.24. The van der Waals surface area contributed by atoms with E-state index in [1.807, 2.05) is 6.92 Å². The summed E-state index contributed by atoms with van der Waals surface area (Å²) in [5, 5.41) is 4.59. The second-order valence-corrected chi connectivity index (χ2v) is 8.81. The van der Waals surface area contributed by atoms with Crippen molar-refractivity contribution in [3.63, 3.8) is 0 Å². The molecule has 0 radical (unpaired) electrons. The second-order valence-electron chi connectivity index (χ2n) is 6.62. The lowest BCUT2D eigenvalue weighted by molar-refractivity contribution is 0.588. The van der Waals surface area contributed by atoms with Gasteiger partial charge in [-0.2, -0.15) is 0 Å². The maximum Gasteiger partial charge on any atom is 0.269 e. The van der Waals surface area contributed by atoms with Gasteiger partial charge in [-0.25, -0.2) is 17.4 Å². The van der Waals surface area contributed by atoms with Gasteiger partial charge < -0.3 is 5.32 Å². The largest absolute Gasteiger partial charge is 0.316 e. The van der Waals surface area contributed by atoms with Crippen LogP contribution in [0, 0.1) is 6.92 Å². The van der Waals surface area contributed by atoms with E-state index in [4.69, 9.17) is 11.6 Å². The van der Waals surface area contributed by atoms with Gasteiger partial charge in [0.05, 0.1) is 9.92 Å². The normalized spacial score (nSPS) is 12.0. The molecule has 0 aliphatic rings. The Bertz CT molecular complexity index is 1030. The number of unbranched alkanes of at least 4 members (excludes halogenated alkanes) is 1. The summed E-state index contributed by atoms with van der Waals surface area (Å²) < 4.78 is 27.1. The summed E-state index contributed by atoms with van der Waals surface area (Å²) in [5.41, 5.74) is 2.27. The first-order valence-corrected chi connectivity index (χ1v) is 10.9. The van der Waals surface area contributed by atoms with E-state index in [1.165, 1.54) is 10.2 Å². The van der Waals surface area contributed by atoms with Crippen molar-refractivity contribution in [2.45, 2.75) is 38.0 Å². The fourth-order valence-corrected chi connectivity index (χ4v) is 4.51. The second kappa shape index (κ2) is 8.42. The minimum atomic E-state index is -3.71. The molecule has 0 bridgehead atoms. The van der Waals surface area contributed by atoms with Crippen molar-refractivity contribution in [3.05, 3.63) is 58.9 Å². The van der Waals surface area contributed by atoms with Gasteiger partial charge in [0.1, 0.15) is 0 Å². The summed E-state index contributed by atoms with van der Waals surface area (Å²) >= 11 is 6.54. The van der Waals surface area contributed by atoms with E-state index in [9.17, 15) is 8.42 Å². The number of pyridine rings is 1. The van der Waals surface area contributed by atoms with E-state index in [0.717, 1.165) is 43.5 Å². The quantitative estimate of drug-likeness (QED) is 0.571. The number of nitrogens with zero attached hydrogens (tertiary/aromatic N) is 2. The van der Waals surface area contributed by atoms with E-state index in [2.05, 4.69) is 17.2 Å². The Morgan fingerprint density at radius 3 is 2.59 bits per heavy atom. The molecule has 1 N–H and O–H groups in total. The van der Waals surface area contributed by atoms with Crippen molar-refractivity contribution < 1.29 is 8.42 Å². The maximum atomic E-state index is 13.0. The van der Waals surface area contributed by atoms with Gasteiger partial charge in [-0.05, 0) is 56.6 Å². The zero-order chi connectivity index (χ0) is 19.4. The molecule has 144 valence electrons. The zero-order valence-electron chi connectivity index (χ0n) is 15.6. The first-order chi connectivity index (χ1) is 12.9. The molecule has 0 amide bonds. The van der Waals surface area contributed by atoms with E-state index < -0.39 is 10.0 Å². The molecule has 0 fully saturated rings. The topological polar surface area (TPSA) is 64.0 Å². The van der Waals surface area contributed by atoms with Gasteiger partial charge >= 0.3 is 0 Å². The molecule has 0 atom stereocenters. The first kappa shape index (κ1) is 19.9. The summed E-state index contributed by atoms with van der Waals surface area (Å²) in [4.78, 5) is 4.63. The number of aryl methyl sites for hydroxylation is 1. The van der Waals surface area contributed by atoms with Crippen LogP contribution in [0.15, 0.2) is 47.6 Å². The average Bonchev–Trinajstić information content (AvgIpc) is 3.09. The van der Waals surface area contributed by atoms with E-state index >= 15 is 0 Å². The lowest BCUT2D eigenvalue weighted by Gasteiger charge is -2.09. The van der Waals surface area contributed by atoms with Crippen molar-refractivity contribution >= 4 is 32.7 Å². The van der Waals surface area contributed by atoms with Crippen molar-refractivity contribution in [2.24, 2.45) is 0 Å². The molecule has 0 aliphatic heterocycles.